The predicted molar refractivity (Wildman–Crippen MR) is 235 cm³/mol. The van der Waals surface area contributed by atoms with Crippen LogP contribution in [0.15, 0.2) is 0 Å². The fraction of sp³-hybridized carbons (Fsp3) is 0.957. The van der Waals surface area contributed by atoms with Crippen molar-refractivity contribution in [1.29, 1.82) is 0 Å². The number of hydrogen-bond acceptors (Lipinski definition) is 6. The average molecular weight is 817 g/mol. The zero-order valence-electron chi connectivity index (χ0n) is 37.1. The summed E-state index contributed by atoms with van der Waals surface area (Å²) in [6, 6.07) is 0. The van der Waals surface area contributed by atoms with Gasteiger partial charge in [-0.3, -0.25) is 14.1 Å². The number of esters is 2. The van der Waals surface area contributed by atoms with Gasteiger partial charge in [-0.05, 0) is 12.8 Å². The van der Waals surface area contributed by atoms with E-state index in [1.54, 1.807) is 0 Å². The Labute approximate surface area is 346 Å². The molecule has 0 aromatic carbocycles. The Morgan fingerprint density at radius 1 is 0.393 bits per heavy atom. The van der Waals surface area contributed by atoms with Crippen LogP contribution in [0.4, 0.5) is 0 Å². The Morgan fingerprint density at radius 2 is 0.643 bits per heavy atom. The molecule has 0 amide bonds. The lowest BCUT2D eigenvalue weighted by Gasteiger charge is -2.18. The van der Waals surface area contributed by atoms with Crippen molar-refractivity contribution in [2.24, 2.45) is 0 Å². The number of phosphoric ester groups is 1. The molecule has 0 saturated carbocycles. The van der Waals surface area contributed by atoms with Crippen LogP contribution in [0.5, 0.6) is 0 Å². The van der Waals surface area contributed by atoms with Crippen molar-refractivity contribution in [3.05, 3.63) is 0 Å². The molecule has 0 spiro atoms. The van der Waals surface area contributed by atoms with E-state index in [9.17, 15) is 14.2 Å². The highest BCUT2D eigenvalue weighted by atomic mass is 31.2. The molecule has 0 aliphatic rings. The lowest BCUT2D eigenvalue weighted by Crippen LogP contribution is -2.29. The number of carbonyl (C=O) groups excluding carboxylic acids is 2. The number of hydrogen-bond donors (Lipinski definition) is 2. The molecule has 334 valence electrons. The third kappa shape index (κ3) is 45.7. The maximum absolute atomic E-state index is 12.5. The van der Waals surface area contributed by atoms with Crippen LogP contribution < -0.4 is 0 Å². The van der Waals surface area contributed by atoms with E-state index in [1.807, 2.05) is 0 Å². The Hall–Kier alpha value is -0.950. The van der Waals surface area contributed by atoms with Crippen LogP contribution in [0.25, 0.3) is 0 Å². The van der Waals surface area contributed by atoms with Gasteiger partial charge in [0.25, 0.3) is 0 Å². The molecule has 0 radical (unpaired) electrons. The van der Waals surface area contributed by atoms with Gasteiger partial charge in [0.2, 0.25) is 0 Å². The summed E-state index contributed by atoms with van der Waals surface area (Å²) in [5.41, 5.74) is 0. The standard InChI is InChI=1S/C47H93O8P/c1-3-5-7-9-11-13-15-17-19-21-22-23-24-25-26-28-30-32-34-36-38-40-42-47(49)55-45(44-54-56(50,51)52)43-53-46(48)41-39-37-35-33-31-29-27-20-18-16-14-12-10-8-6-4-2/h45H,3-44H2,1-2H3,(H2,50,51,52)/t45-/m1/s1. The zero-order valence-corrected chi connectivity index (χ0v) is 38.0. The smallest absolute Gasteiger partial charge is 0.462 e. The molecule has 0 fully saturated rings. The van der Waals surface area contributed by atoms with Crippen LogP contribution in [0.1, 0.15) is 271 Å². The SMILES string of the molecule is CCCCCCCCCCCCCCCCCCCCCCCCC(=O)O[C@H](COC(=O)CCCCCCCCCCCCCCCCCC)COP(=O)(O)O. The molecular formula is C47H93O8P. The minimum absolute atomic E-state index is 0.221. The van der Waals surface area contributed by atoms with Gasteiger partial charge in [-0.2, -0.15) is 0 Å². The van der Waals surface area contributed by atoms with Gasteiger partial charge in [-0.15, -0.1) is 0 Å². The summed E-state index contributed by atoms with van der Waals surface area (Å²) < 4.78 is 26.5. The number of phosphoric acid groups is 1. The van der Waals surface area contributed by atoms with E-state index >= 15 is 0 Å². The molecule has 1 atom stereocenters. The first-order valence-corrected chi connectivity index (χ1v) is 25.9. The van der Waals surface area contributed by atoms with Crippen molar-refractivity contribution >= 4 is 19.8 Å². The largest absolute Gasteiger partial charge is 0.469 e. The number of carbonyl (C=O) groups is 2. The van der Waals surface area contributed by atoms with Crippen LogP contribution in [0.2, 0.25) is 0 Å². The van der Waals surface area contributed by atoms with Crippen molar-refractivity contribution in [3.63, 3.8) is 0 Å². The summed E-state index contributed by atoms with van der Waals surface area (Å²) >= 11 is 0. The molecule has 0 aromatic heterocycles. The van der Waals surface area contributed by atoms with E-state index in [0.29, 0.717) is 6.42 Å². The van der Waals surface area contributed by atoms with Gasteiger partial charge < -0.3 is 19.3 Å². The molecule has 0 rings (SSSR count). The lowest BCUT2D eigenvalue weighted by molar-refractivity contribution is -0.161. The molecule has 0 saturated heterocycles. The third-order valence-electron chi connectivity index (χ3n) is 11.1. The van der Waals surface area contributed by atoms with E-state index in [0.717, 1.165) is 32.1 Å². The molecule has 0 aliphatic heterocycles. The van der Waals surface area contributed by atoms with E-state index in [-0.39, 0.29) is 19.4 Å². The second-order valence-corrected chi connectivity index (χ2v) is 18.0. The highest BCUT2D eigenvalue weighted by Gasteiger charge is 2.23. The summed E-state index contributed by atoms with van der Waals surface area (Å²) in [6.45, 7) is 3.74. The Bertz CT molecular complexity index is 878. The van der Waals surface area contributed by atoms with Gasteiger partial charge in [0.05, 0.1) is 6.61 Å². The molecule has 56 heavy (non-hydrogen) atoms. The van der Waals surface area contributed by atoms with Crippen molar-refractivity contribution in [2.75, 3.05) is 13.2 Å². The van der Waals surface area contributed by atoms with E-state index in [1.165, 1.54) is 205 Å². The number of rotatable bonds is 46. The molecule has 8 nitrogen and oxygen atoms in total. The molecule has 2 N–H and O–H groups in total. The first-order valence-electron chi connectivity index (χ1n) is 24.3. The second-order valence-electron chi connectivity index (χ2n) is 16.8. The maximum atomic E-state index is 12.5. The predicted octanol–water partition coefficient (Wildman–Crippen LogP) is 15.2. The van der Waals surface area contributed by atoms with Crippen LogP contribution in [0.3, 0.4) is 0 Å². The topological polar surface area (TPSA) is 119 Å². The molecule has 0 unspecified atom stereocenters. The van der Waals surface area contributed by atoms with Gasteiger partial charge in [-0.25, -0.2) is 4.57 Å². The molecule has 0 bridgehead atoms. The lowest BCUT2D eigenvalue weighted by atomic mass is 10.0. The van der Waals surface area contributed by atoms with E-state index < -0.39 is 32.5 Å². The molecule has 0 aliphatic carbocycles. The van der Waals surface area contributed by atoms with Gasteiger partial charge in [0.1, 0.15) is 6.61 Å². The normalized spacial score (nSPS) is 12.3. The Kier molecular flexibility index (Phi) is 42.9. The molecule has 9 heteroatoms. The Balaban J connectivity index is 3.77. The van der Waals surface area contributed by atoms with Crippen molar-refractivity contribution in [3.8, 4) is 0 Å². The summed E-state index contributed by atoms with van der Waals surface area (Å²) in [6.07, 6.45) is 48.3. The van der Waals surface area contributed by atoms with Gasteiger partial charge >= 0.3 is 19.8 Å². The van der Waals surface area contributed by atoms with Crippen LogP contribution in [-0.2, 0) is 28.2 Å². The monoisotopic (exact) mass is 817 g/mol. The zero-order chi connectivity index (χ0) is 41.1. The molecule has 0 heterocycles. The van der Waals surface area contributed by atoms with Crippen molar-refractivity contribution in [1.82, 2.24) is 0 Å². The second kappa shape index (κ2) is 43.6. The number of unbranched alkanes of at least 4 members (excludes halogenated alkanes) is 36. The first kappa shape index (κ1) is 55.0. The van der Waals surface area contributed by atoms with Gasteiger partial charge in [0, 0.05) is 12.8 Å². The highest BCUT2D eigenvalue weighted by molar-refractivity contribution is 7.46. The number of ether oxygens (including phenoxy) is 2. The minimum Gasteiger partial charge on any atom is -0.462 e. The quantitative estimate of drug-likeness (QED) is 0.0354. The van der Waals surface area contributed by atoms with E-state index in [4.69, 9.17) is 19.3 Å². The van der Waals surface area contributed by atoms with Crippen LogP contribution in [-0.4, -0.2) is 41.0 Å². The highest BCUT2D eigenvalue weighted by Crippen LogP contribution is 2.36. The van der Waals surface area contributed by atoms with Gasteiger partial charge in [0.15, 0.2) is 6.10 Å². The third-order valence-corrected chi connectivity index (χ3v) is 11.6. The summed E-state index contributed by atoms with van der Waals surface area (Å²) in [5.74, 6) is -0.862. The molecule has 0 aromatic rings. The van der Waals surface area contributed by atoms with Crippen LogP contribution >= 0.6 is 7.82 Å². The fourth-order valence-electron chi connectivity index (χ4n) is 7.49. The Morgan fingerprint density at radius 3 is 0.911 bits per heavy atom. The summed E-state index contributed by atoms with van der Waals surface area (Å²) in [7, 11) is -4.75. The average Bonchev–Trinajstić information content (AvgIpc) is 3.17. The summed E-state index contributed by atoms with van der Waals surface area (Å²) in [5, 5.41) is 0. The minimum atomic E-state index is -4.75. The first-order chi connectivity index (χ1) is 27.3. The van der Waals surface area contributed by atoms with Crippen molar-refractivity contribution in [2.45, 2.75) is 277 Å². The maximum Gasteiger partial charge on any atom is 0.469 e. The van der Waals surface area contributed by atoms with E-state index in [2.05, 4.69) is 18.4 Å². The summed E-state index contributed by atoms with van der Waals surface area (Å²) in [4.78, 5) is 43.0. The fourth-order valence-corrected chi connectivity index (χ4v) is 7.86. The van der Waals surface area contributed by atoms with Gasteiger partial charge in [-0.1, -0.05) is 245 Å². The van der Waals surface area contributed by atoms with Crippen LogP contribution in [0, 0.1) is 0 Å². The van der Waals surface area contributed by atoms with Crippen molar-refractivity contribution < 1.29 is 37.9 Å². The molecular weight excluding hydrogens is 723 g/mol.